The smallest absolute Gasteiger partial charge is 0.255 e. The zero-order valence-corrected chi connectivity index (χ0v) is 17.8. The molecule has 10 heteroatoms. The highest BCUT2D eigenvalue weighted by molar-refractivity contribution is 7.89. The third kappa shape index (κ3) is 5.23. The number of hydrogen-bond donors (Lipinski definition) is 1. The maximum Gasteiger partial charge on any atom is 0.255 e. The van der Waals surface area contributed by atoms with Gasteiger partial charge in [0.15, 0.2) is 0 Å². The summed E-state index contributed by atoms with van der Waals surface area (Å²) in [7, 11) is -1.03. The number of methoxy groups -OCH3 is 1. The van der Waals surface area contributed by atoms with Crippen molar-refractivity contribution in [3.8, 4) is 5.75 Å². The monoisotopic (exact) mass is 443 g/mol. The van der Waals surface area contributed by atoms with Gasteiger partial charge in [0.25, 0.3) is 5.91 Å². The first-order valence-electron chi connectivity index (χ1n) is 8.03. The van der Waals surface area contributed by atoms with Gasteiger partial charge in [-0.15, -0.1) is 0 Å². The van der Waals surface area contributed by atoms with Gasteiger partial charge in [-0.25, -0.2) is 13.8 Å². The number of sulfonamides is 1. The molecule has 0 aliphatic carbocycles. The fourth-order valence-corrected chi connectivity index (χ4v) is 3.88. The zero-order chi connectivity index (χ0) is 20.9. The van der Waals surface area contributed by atoms with Crippen LogP contribution in [0.5, 0.6) is 5.75 Å². The van der Waals surface area contributed by atoms with Crippen LogP contribution in [-0.2, 0) is 14.8 Å². The lowest BCUT2D eigenvalue weighted by molar-refractivity contribution is -0.121. The number of aryl methyl sites for hydroxylation is 1. The molecule has 2 aromatic carbocycles. The van der Waals surface area contributed by atoms with Gasteiger partial charge in [-0.3, -0.25) is 4.79 Å². The number of ether oxygens (including phenoxy) is 1. The summed E-state index contributed by atoms with van der Waals surface area (Å²) in [6.07, 6.45) is 1.33. The topological polar surface area (TPSA) is 88.1 Å². The van der Waals surface area contributed by atoms with E-state index in [0.717, 1.165) is 4.31 Å². The molecule has 0 atom stereocenters. The van der Waals surface area contributed by atoms with Crippen molar-refractivity contribution in [2.45, 2.75) is 11.8 Å². The quantitative estimate of drug-likeness (QED) is 0.525. The number of nitrogens with one attached hydrogen (secondary N) is 1. The second-order valence-corrected chi connectivity index (χ2v) is 8.66. The number of nitrogens with zero attached hydrogens (tertiary/aromatic N) is 2. The largest absolute Gasteiger partial charge is 0.496 e. The Morgan fingerprint density at radius 3 is 2.64 bits per heavy atom. The number of likely N-dealkylation sites (N-methyl/N-ethyl adjacent to an activating group) is 1. The number of halogens is 2. The number of rotatable bonds is 7. The summed E-state index contributed by atoms with van der Waals surface area (Å²) in [5, 5.41) is 4.44. The molecule has 0 spiro atoms. The molecule has 7 nitrogen and oxygen atoms in total. The molecule has 0 saturated carbocycles. The third-order valence-electron chi connectivity index (χ3n) is 3.82. The Balaban J connectivity index is 2.03. The van der Waals surface area contributed by atoms with Crippen molar-refractivity contribution in [1.29, 1.82) is 0 Å². The van der Waals surface area contributed by atoms with Crippen molar-refractivity contribution in [3.63, 3.8) is 0 Å². The molecule has 1 N–H and O–H groups in total. The van der Waals surface area contributed by atoms with E-state index in [9.17, 15) is 13.2 Å². The summed E-state index contributed by atoms with van der Waals surface area (Å²) in [4.78, 5) is 12.1. The lowest BCUT2D eigenvalue weighted by Crippen LogP contribution is -2.36. The Kier molecular flexibility index (Phi) is 7.42. The van der Waals surface area contributed by atoms with Gasteiger partial charge in [0.1, 0.15) is 5.75 Å². The molecule has 0 saturated heterocycles. The highest BCUT2D eigenvalue weighted by Crippen LogP contribution is 2.24. The summed E-state index contributed by atoms with van der Waals surface area (Å²) in [5.74, 6) is -0.0286. The van der Waals surface area contributed by atoms with Crippen LogP contribution in [0, 0.1) is 6.92 Å². The molecular weight excluding hydrogens is 425 g/mol. The van der Waals surface area contributed by atoms with Gasteiger partial charge in [0.2, 0.25) is 10.0 Å². The number of carbonyl (C=O) groups excluding carboxylic acids is 1. The predicted molar refractivity (Wildman–Crippen MR) is 110 cm³/mol. The number of carbonyl (C=O) groups is 1. The lowest BCUT2D eigenvalue weighted by atomic mass is 10.2. The van der Waals surface area contributed by atoms with Crippen LogP contribution in [0.25, 0.3) is 0 Å². The molecule has 2 aromatic rings. The maximum absolute atomic E-state index is 12.6. The molecule has 0 heterocycles. The molecule has 0 fully saturated rings. The van der Waals surface area contributed by atoms with Crippen molar-refractivity contribution >= 4 is 45.3 Å². The summed E-state index contributed by atoms with van der Waals surface area (Å²) in [6, 6.07) is 9.47. The molecule has 150 valence electrons. The van der Waals surface area contributed by atoms with Crippen LogP contribution >= 0.6 is 23.2 Å². The van der Waals surface area contributed by atoms with Crippen LogP contribution in [0.4, 0.5) is 0 Å². The minimum absolute atomic E-state index is 0.0651. The minimum atomic E-state index is -3.84. The van der Waals surface area contributed by atoms with Gasteiger partial charge in [-0.05, 0) is 36.8 Å². The molecule has 0 aliphatic rings. The van der Waals surface area contributed by atoms with Gasteiger partial charge in [0.05, 0.1) is 34.8 Å². The molecule has 0 radical (unpaired) electrons. The first-order chi connectivity index (χ1) is 13.2. The molecule has 0 unspecified atom stereocenters. The second-order valence-electron chi connectivity index (χ2n) is 5.83. The van der Waals surface area contributed by atoms with E-state index in [2.05, 4.69) is 10.5 Å². The van der Waals surface area contributed by atoms with Crippen molar-refractivity contribution in [2.75, 3.05) is 20.7 Å². The summed E-state index contributed by atoms with van der Waals surface area (Å²) in [6.45, 7) is 1.33. The normalized spacial score (nSPS) is 11.8. The standard InChI is InChI=1S/C18H19Cl2N3O4S/c1-12-9-14(7-8-16(12)27-3)28(25,26)23(2)11-17(24)22-21-10-13-5-4-6-15(19)18(13)20/h4-10H,11H2,1-3H3,(H,22,24)/b21-10+. The van der Waals surface area contributed by atoms with E-state index in [0.29, 0.717) is 26.9 Å². The van der Waals surface area contributed by atoms with Crippen LogP contribution < -0.4 is 10.2 Å². The summed E-state index contributed by atoms with van der Waals surface area (Å²) in [5.41, 5.74) is 3.45. The summed E-state index contributed by atoms with van der Waals surface area (Å²) >= 11 is 11.9. The number of benzene rings is 2. The third-order valence-corrected chi connectivity index (χ3v) is 6.45. The number of hydrazone groups is 1. The molecule has 0 aliphatic heterocycles. The van der Waals surface area contributed by atoms with Crippen LogP contribution in [0.2, 0.25) is 10.0 Å². The molecule has 1 amide bonds. The van der Waals surface area contributed by atoms with E-state index in [1.807, 2.05) is 0 Å². The summed E-state index contributed by atoms with van der Waals surface area (Å²) < 4.78 is 31.3. The molecular formula is C18H19Cl2N3O4S. The van der Waals surface area contributed by atoms with Crippen molar-refractivity contribution in [2.24, 2.45) is 5.10 Å². The van der Waals surface area contributed by atoms with Crippen LogP contribution in [-0.4, -0.2) is 45.5 Å². The highest BCUT2D eigenvalue weighted by Gasteiger charge is 2.23. The van der Waals surface area contributed by atoms with Crippen molar-refractivity contribution in [3.05, 3.63) is 57.6 Å². The second kappa shape index (κ2) is 9.38. The van der Waals surface area contributed by atoms with Crippen LogP contribution in [0.3, 0.4) is 0 Å². The van der Waals surface area contributed by atoms with Gasteiger partial charge < -0.3 is 4.74 Å². The average Bonchev–Trinajstić information content (AvgIpc) is 2.65. The zero-order valence-electron chi connectivity index (χ0n) is 15.4. The predicted octanol–water partition coefficient (Wildman–Crippen LogP) is 3.08. The van der Waals surface area contributed by atoms with Crippen molar-refractivity contribution < 1.29 is 17.9 Å². The number of hydrogen-bond acceptors (Lipinski definition) is 5. The molecule has 0 aromatic heterocycles. The van der Waals surface area contributed by atoms with Gasteiger partial charge in [0, 0.05) is 12.6 Å². The molecule has 0 bridgehead atoms. The molecule has 28 heavy (non-hydrogen) atoms. The highest BCUT2D eigenvalue weighted by atomic mass is 35.5. The van der Waals surface area contributed by atoms with Crippen LogP contribution in [0.1, 0.15) is 11.1 Å². The first kappa shape index (κ1) is 22.2. The van der Waals surface area contributed by atoms with E-state index < -0.39 is 22.5 Å². The van der Waals surface area contributed by atoms with Crippen LogP contribution in [0.15, 0.2) is 46.4 Å². The Bertz CT molecular complexity index is 1010. The first-order valence-corrected chi connectivity index (χ1v) is 10.2. The fourth-order valence-electron chi connectivity index (χ4n) is 2.31. The SMILES string of the molecule is COc1ccc(S(=O)(=O)N(C)CC(=O)N/N=C/c2cccc(Cl)c2Cl)cc1C. The molecule has 2 rings (SSSR count). The fraction of sp³-hybridized carbons (Fsp3) is 0.222. The minimum Gasteiger partial charge on any atom is -0.496 e. The van der Waals surface area contributed by atoms with Gasteiger partial charge >= 0.3 is 0 Å². The van der Waals surface area contributed by atoms with E-state index in [1.54, 1.807) is 31.2 Å². The van der Waals surface area contributed by atoms with E-state index in [4.69, 9.17) is 27.9 Å². The van der Waals surface area contributed by atoms with Gasteiger partial charge in [-0.1, -0.05) is 35.3 Å². The Morgan fingerprint density at radius 2 is 2.00 bits per heavy atom. The van der Waals surface area contributed by atoms with Gasteiger partial charge in [-0.2, -0.15) is 9.41 Å². The Labute approximate surface area is 173 Å². The van der Waals surface area contributed by atoms with E-state index in [-0.39, 0.29) is 4.90 Å². The van der Waals surface area contributed by atoms with Crippen molar-refractivity contribution in [1.82, 2.24) is 9.73 Å². The Morgan fingerprint density at radius 1 is 1.29 bits per heavy atom. The van der Waals surface area contributed by atoms with E-state index >= 15 is 0 Å². The average molecular weight is 444 g/mol. The number of amides is 1. The maximum atomic E-state index is 12.6. The Hall–Kier alpha value is -2.13. The lowest BCUT2D eigenvalue weighted by Gasteiger charge is -2.17. The van der Waals surface area contributed by atoms with E-state index in [1.165, 1.54) is 32.5 Å².